The number of aromatic hydroxyl groups is 1. The summed E-state index contributed by atoms with van der Waals surface area (Å²) in [5.41, 5.74) is 1.09. The van der Waals surface area contributed by atoms with Crippen molar-refractivity contribution in [3.05, 3.63) is 24.8 Å². The Labute approximate surface area is 105 Å². The van der Waals surface area contributed by atoms with Gasteiger partial charge in [0, 0.05) is 7.11 Å². The minimum atomic E-state index is 0.0719. The standard InChI is InChI=1S/C9H10I2O2/c1-5(13-2)6-3-7(10)9(12)8(11)4-6/h3-5,12H,1-2H3. The first-order chi connectivity index (χ1) is 6.06. The molecule has 0 bridgehead atoms. The molecule has 0 aromatic heterocycles. The third kappa shape index (κ3) is 2.69. The maximum Gasteiger partial charge on any atom is 0.142 e. The minimum absolute atomic E-state index is 0.0719. The smallest absolute Gasteiger partial charge is 0.142 e. The molecule has 0 aliphatic rings. The third-order valence-corrected chi connectivity index (χ3v) is 3.51. The van der Waals surface area contributed by atoms with E-state index >= 15 is 0 Å². The van der Waals surface area contributed by atoms with Crippen LogP contribution in [0, 0.1) is 7.14 Å². The molecule has 0 saturated heterocycles. The van der Waals surface area contributed by atoms with Crippen molar-refractivity contribution < 1.29 is 9.84 Å². The highest BCUT2D eigenvalue weighted by molar-refractivity contribution is 14.1. The van der Waals surface area contributed by atoms with E-state index in [1.54, 1.807) is 7.11 Å². The monoisotopic (exact) mass is 404 g/mol. The van der Waals surface area contributed by atoms with E-state index in [0.29, 0.717) is 5.75 Å². The summed E-state index contributed by atoms with van der Waals surface area (Å²) < 4.78 is 6.93. The summed E-state index contributed by atoms with van der Waals surface area (Å²) in [7, 11) is 1.68. The topological polar surface area (TPSA) is 29.5 Å². The van der Waals surface area contributed by atoms with E-state index in [9.17, 15) is 5.11 Å². The molecule has 1 N–H and O–H groups in total. The van der Waals surface area contributed by atoms with Crippen LogP contribution < -0.4 is 0 Å². The Morgan fingerprint density at radius 2 is 1.77 bits per heavy atom. The molecule has 4 heteroatoms. The van der Waals surface area contributed by atoms with Crippen molar-refractivity contribution in [1.82, 2.24) is 0 Å². The van der Waals surface area contributed by atoms with Crippen molar-refractivity contribution >= 4 is 45.2 Å². The fraction of sp³-hybridized carbons (Fsp3) is 0.333. The molecule has 0 aliphatic heterocycles. The van der Waals surface area contributed by atoms with E-state index in [-0.39, 0.29) is 6.10 Å². The number of hydrogen-bond acceptors (Lipinski definition) is 2. The number of phenols is 1. The highest BCUT2D eigenvalue weighted by Gasteiger charge is 2.09. The molecule has 1 aromatic rings. The van der Waals surface area contributed by atoms with Gasteiger partial charge in [-0.2, -0.15) is 0 Å². The van der Waals surface area contributed by atoms with Gasteiger partial charge < -0.3 is 9.84 Å². The van der Waals surface area contributed by atoms with Crippen molar-refractivity contribution in [1.29, 1.82) is 0 Å². The number of ether oxygens (including phenoxy) is 1. The average Bonchev–Trinajstić information content (AvgIpc) is 2.12. The third-order valence-electron chi connectivity index (χ3n) is 1.86. The first-order valence-corrected chi connectivity index (χ1v) is 5.92. The predicted molar refractivity (Wildman–Crippen MR) is 69.0 cm³/mol. The van der Waals surface area contributed by atoms with Crippen LogP contribution in [0.5, 0.6) is 5.75 Å². The van der Waals surface area contributed by atoms with E-state index in [0.717, 1.165) is 12.7 Å². The Morgan fingerprint density at radius 1 is 1.31 bits per heavy atom. The van der Waals surface area contributed by atoms with Crippen LogP contribution in [-0.4, -0.2) is 12.2 Å². The quantitative estimate of drug-likeness (QED) is 0.767. The summed E-state index contributed by atoms with van der Waals surface area (Å²) in [6, 6.07) is 3.87. The van der Waals surface area contributed by atoms with E-state index in [2.05, 4.69) is 45.2 Å². The number of halogens is 2. The van der Waals surface area contributed by atoms with Gasteiger partial charge in [-0.05, 0) is 69.8 Å². The van der Waals surface area contributed by atoms with Crippen LogP contribution in [0.25, 0.3) is 0 Å². The Hall–Kier alpha value is 0.440. The van der Waals surface area contributed by atoms with Gasteiger partial charge in [0.05, 0.1) is 13.2 Å². The molecular weight excluding hydrogens is 394 g/mol. The molecule has 0 amide bonds. The van der Waals surface area contributed by atoms with Crippen LogP contribution in [0.3, 0.4) is 0 Å². The maximum atomic E-state index is 9.53. The maximum absolute atomic E-state index is 9.53. The van der Waals surface area contributed by atoms with Gasteiger partial charge in [-0.1, -0.05) is 0 Å². The molecule has 2 nitrogen and oxygen atoms in total. The van der Waals surface area contributed by atoms with Crippen molar-refractivity contribution in [2.24, 2.45) is 0 Å². The van der Waals surface area contributed by atoms with Gasteiger partial charge in [0.2, 0.25) is 0 Å². The molecule has 0 aliphatic carbocycles. The van der Waals surface area contributed by atoms with Crippen molar-refractivity contribution in [3.63, 3.8) is 0 Å². The number of rotatable bonds is 2. The van der Waals surface area contributed by atoms with Gasteiger partial charge in [-0.3, -0.25) is 0 Å². The van der Waals surface area contributed by atoms with Crippen LogP contribution in [-0.2, 0) is 4.74 Å². The molecule has 72 valence electrons. The molecule has 0 spiro atoms. The van der Waals surface area contributed by atoms with E-state index in [1.165, 1.54) is 0 Å². The van der Waals surface area contributed by atoms with Crippen LogP contribution in [0.1, 0.15) is 18.6 Å². The Balaban J connectivity index is 3.13. The van der Waals surface area contributed by atoms with Crippen molar-refractivity contribution in [2.45, 2.75) is 13.0 Å². The molecule has 1 atom stereocenters. The molecule has 13 heavy (non-hydrogen) atoms. The normalized spacial score (nSPS) is 12.9. The first kappa shape index (κ1) is 11.5. The van der Waals surface area contributed by atoms with Gasteiger partial charge in [0.1, 0.15) is 5.75 Å². The largest absolute Gasteiger partial charge is 0.506 e. The zero-order chi connectivity index (χ0) is 10.0. The molecule has 1 aromatic carbocycles. The Bertz CT molecular complexity index is 289. The molecule has 0 fully saturated rings. The summed E-state index contributed by atoms with van der Waals surface area (Å²) in [6.45, 7) is 1.98. The lowest BCUT2D eigenvalue weighted by atomic mass is 10.1. The summed E-state index contributed by atoms with van der Waals surface area (Å²) in [6.07, 6.45) is 0.0719. The average molecular weight is 404 g/mol. The molecule has 0 saturated carbocycles. The number of phenolic OH excluding ortho intramolecular Hbond substituents is 1. The van der Waals surface area contributed by atoms with Gasteiger partial charge >= 0.3 is 0 Å². The van der Waals surface area contributed by atoms with E-state index in [4.69, 9.17) is 4.74 Å². The predicted octanol–water partition coefficient (Wildman–Crippen LogP) is 3.31. The van der Waals surface area contributed by atoms with Gasteiger partial charge in [-0.15, -0.1) is 0 Å². The van der Waals surface area contributed by atoms with Crippen LogP contribution in [0.15, 0.2) is 12.1 Å². The van der Waals surface area contributed by atoms with Crippen molar-refractivity contribution in [3.8, 4) is 5.75 Å². The highest BCUT2D eigenvalue weighted by Crippen LogP contribution is 2.30. The summed E-state index contributed by atoms with van der Waals surface area (Å²) in [5, 5.41) is 9.53. The number of benzene rings is 1. The van der Waals surface area contributed by atoms with E-state index in [1.807, 2.05) is 19.1 Å². The molecular formula is C9H10I2O2. The van der Waals surface area contributed by atoms with Crippen LogP contribution in [0.4, 0.5) is 0 Å². The lowest BCUT2D eigenvalue weighted by Crippen LogP contribution is -1.97. The fourth-order valence-electron chi connectivity index (χ4n) is 0.956. The second kappa shape index (κ2) is 4.79. The van der Waals surface area contributed by atoms with Gasteiger partial charge in [0.15, 0.2) is 0 Å². The van der Waals surface area contributed by atoms with E-state index < -0.39 is 0 Å². The summed E-state index contributed by atoms with van der Waals surface area (Å²) in [4.78, 5) is 0. The zero-order valence-corrected chi connectivity index (χ0v) is 11.7. The second-order valence-corrected chi connectivity index (χ2v) is 5.04. The number of hydrogen-bond donors (Lipinski definition) is 1. The Morgan fingerprint density at radius 3 is 2.15 bits per heavy atom. The molecule has 1 unspecified atom stereocenters. The first-order valence-electron chi connectivity index (χ1n) is 3.77. The zero-order valence-electron chi connectivity index (χ0n) is 7.34. The lowest BCUT2D eigenvalue weighted by Gasteiger charge is -2.11. The van der Waals surface area contributed by atoms with Crippen LogP contribution in [0.2, 0.25) is 0 Å². The van der Waals surface area contributed by atoms with Crippen molar-refractivity contribution in [2.75, 3.05) is 7.11 Å². The molecule has 0 heterocycles. The highest BCUT2D eigenvalue weighted by atomic mass is 127. The van der Waals surface area contributed by atoms with Gasteiger partial charge in [-0.25, -0.2) is 0 Å². The summed E-state index contributed by atoms with van der Waals surface area (Å²) in [5.74, 6) is 0.355. The van der Waals surface area contributed by atoms with Gasteiger partial charge in [0.25, 0.3) is 0 Å². The summed E-state index contributed by atoms with van der Waals surface area (Å²) >= 11 is 4.23. The lowest BCUT2D eigenvalue weighted by molar-refractivity contribution is 0.119. The number of methoxy groups -OCH3 is 1. The molecule has 0 radical (unpaired) electrons. The fourth-order valence-corrected chi connectivity index (χ4v) is 2.77. The van der Waals surface area contributed by atoms with Crippen LogP contribution >= 0.6 is 45.2 Å². The molecule has 1 rings (SSSR count). The minimum Gasteiger partial charge on any atom is -0.506 e. The second-order valence-electron chi connectivity index (χ2n) is 2.71. The SMILES string of the molecule is COC(C)c1cc(I)c(O)c(I)c1. The Kier molecular flexibility index (Phi) is 4.24.